The van der Waals surface area contributed by atoms with Crippen molar-refractivity contribution < 1.29 is 9.53 Å². The second kappa shape index (κ2) is 9.56. The molecule has 0 aliphatic heterocycles. The Kier molecular flexibility index (Phi) is 6.18. The summed E-state index contributed by atoms with van der Waals surface area (Å²) in [6, 6.07) is 33.0. The van der Waals surface area contributed by atoms with Gasteiger partial charge < -0.3 is 9.64 Å². The molecule has 1 aliphatic carbocycles. The Morgan fingerprint density at radius 2 is 1.56 bits per heavy atom. The standard InChI is InChI=1S/C31H29NO2/c1-22(24-15-17-27(34-2)18-16-24)20-32(21-23-9-4-3-5-10-23)31(33)29-14-8-12-26-19-25-11-6-7-13-28(25)30(26)29/h3-18,22H,19-21H2,1-2H3. The smallest absolute Gasteiger partial charge is 0.254 e. The molecule has 3 nitrogen and oxygen atoms in total. The van der Waals surface area contributed by atoms with Gasteiger partial charge in [0.05, 0.1) is 7.11 Å². The minimum Gasteiger partial charge on any atom is -0.497 e. The number of methoxy groups -OCH3 is 1. The highest BCUT2D eigenvalue weighted by atomic mass is 16.5. The number of fused-ring (bicyclic) bond motifs is 3. The van der Waals surface area contributed by atoms with Gasteiger partial charge in [0.2, 0.25) is 0 Å². The third kappa shape index (κ3) is 4.34. The van der Waals surface area contributed by atoms with E-state index in [1.807, 2.05) is 47.4 Å². The van der Waals surface area contributed by atoms with Crippen LogP contribution in [0.1, 0.15) is 45.5 Å². The third-order valence-corrected chi connectivity index (χ3v) is 6.73. The molecule has 4 aromatic rings. The van der Waals surface area contributed by atoms with E-state index in [0.29, 0.717) is 13.1 Å². The van der Waals surface area contributed by atoms with Crippen molar-refractivity contribution in [1.29, 1.82) is 0 Å². The Morgan fingerprint density at radius 1 is 0.853 bits per heavy atom. The van der Waals surface area contributed by atoms with Crippen LogP contribution in [0.15, 0.2) is 97.1 Å². The van der Waals surface area contributed by atoms with E-state index in [1.165, 1.54) is 22.3 Å². The van der Waals surface area contributed by atoms with Gasteiger partial charge in [-0.05, 0) is 63.9 Å². The summed E-state index contributed by atoms with van der Waals surface area (Å²) in [5, 5.41) is 0. The zero-order chi connectivity index (χ0) is 23.5. The summed E-state index contributed by atoms with van der Waals surface area (Å²) in [4.78, 5) is 16.1. The molecule has 0 N–H and O–H groups in total. The predicted molar refractivity (Wildman–Crippen MR) is 137 cm³/mol. The molecule has 3 heteroatoms. The Balaban J connectivity index is 1.49. The van der Waals surface area contributed by atoms with Gasteiger partial charge in [-0.15, -0.1) is 0 Å². The van der Waals surface area contributed by atoms with Crippen LogP contribution in [-0.2, 0) is 13.0 Å². The zero-order valence-corrected chi connectivity index (χ0v) is 19.7. The summed E-state index contributed by atoms with van der Waals surface area (Å²) in [5.41, 5.74) is 7.91. The lowest BCUT2D eigenvalue weighted by molar-refractivity contribution is 0.0735. The van der Waals surface area contributed by atoms with Crippen molar-refractivity contribution in [2.75, 3.05) is 13.7 Å². The highest BCUT2D eigenvalue weighted by Gasteiger charge is 2.27. The van der Waals surface area contributed by atoms with E-state index >= 15 is 0 Å². The van der Waals surface area contributed by atoms with Crippen LogP contribution in [0.4, 0.5) is 0 Å². The highest BCUT2D eigenvalue weighted by molar-refractivity contribution is 6.03. The van der Waals surface area contributed by atoms with Crippen molar-refractivity contribution in [2.45, 2.75) is 25.8 Å². The van der Waals surface area contributed by atoms with Gasteiger partial charge in [-0.1, -0.05) is 85.8 Å². The topological polar surface area (TPSA) is 29.5 Å². The first-order valence-corrected chi connectivity index (χ1v) is 11.8. The summed E-state index contributed by atoms with van der Waals surface area (Å²) in [6.45, 7) is 3.38. The number of hydrogen-bond donors (Lipinski definition) is 0. The van der Waals surface area contributed by atoms with Crippen molar-refractivity contribution in [2.24, 2.45) is 0 Å². The van der Waals surface area contributed by atoms with Crippen LogP contribution in [0, 0.1) is 0 Å². The minimum atomic E-state index is 0.0813. The van der Waals surface area contributed by atoms with Gasteiger partial charge in [-0.25, -0.2) is 0 Å². The van der Waals surface area contributed by atoms with Crippen LogP contribution < -0.4 is 4.74 Å². The van der Waals surface area contributed by atoms with Gasteiger partial charge in [-0.3, -0.25) is 4.79 Å². The molecule has 5 rings (SSSR count). The third-order valence-electron chi connectivity index (χ3n) is 6.73. The Morgan fingerprint density at radius 3 is 2.32 bits per heavy atom. The van der Waals surface area contributed by atoms with E-state index in [4.69, 9.17) is 4.74 Å². The molecule has 1 unspecified atom stereocenters. The zero-order valence-electron chi connectivity index (χ0n) is 19.7. The van der Waals surface area contributed by atoms with Crippen LogP contribution in [0.5, 0.6) is 5.75 Å². The van der Waals surface area contributed by atoms with Crippen LogP contribution in [0.3, 0.4) is 0 Å². The number of rotatable bonds is 7. The molecule has 0 heterocycles. The maximum Gasteiger partial charge on any atom is 0.254 e. The molecule has 0 radical (unpaired) electrons. The van der Waals surface area contributed by atoms with Gasteiger partial charge in [-0.2, -0.15) is 0 Å². The van der Waals surface area contributed by atoms with Crippen molar-refractivity contribution in [3.63, 3.8) is 0 Å². The molecule has 1 atom stereocenters. The van der Waals surface area contributed by atoms with E-state index in [-0.39, 0.29) is 11.8 Å². The summed E-state index contributed by atoms with van der Waals surface area (Å²) < 4.78 is 5.31. The molecule has 4 aromatic carbocycles. The summed E-state index contributed by atoms with van der Waals surface area (Å²) >= 11 is 0. The van der Waals surface area contributed by atoms with E-state index in [9.17, 15) is 4.79 Å². The molecule has 170 valence electrons. The fourth-order valence-electron chi connectivity index (χ4n) is 4.93. The highest BCUT2D eigenvalue weighted by Crippen LogP contribution is 2.39. The number of hydrogen-bond acceptors (Lipinski definition) is 2. The number of nitrogens with zero attached hydrogens (tertiary/aromatic N) is 1. The molecule has 0 saturated carbocycles. The van der Waals surface area contributed by atoms with E-state index in [2.05, 4.69) is 61.5 Å². The molecule has 0 aromatic heterocycles. The fourth-order valence-corrected chi connectivity index (χ4v) is 4.93. The number of amides is 1. The van der Waals surface area contributed by atoms with Gasteiger partial charge in [0.15, 0.2) is 0 Å². The average molecular weight is 448 g/mol. The fraction of sp³-hybridized carbons (Fsp3) is 0.194. The number of ether oxygens (including phenoxy) is 1. The van der Waals surface area contributed by atoms with E-state index in [1.54, 1.807) is 7.11 Å². The summed E-state index contributed by atoms with van der Waals surface area (Å²) in [6.07, 6.45) is 0.883. The average Bonchev–Trinajstić information content (AvgIpc) is 3.27. The molecule has 0 bridgehead atoms. The monoisotopic (exact) mass is 447 g/mol. The van der Waals surface area contributed by atoms with Gasteiger partial charge in [0.25, 0.3) is 5.91 Å². The van der Waals surface area contributed by atoms with Gasteiger partial charge in [0, 0.05) is 18.7 Å². The molecular formula is C31H29NO2. The quantitative estimate of drug-likeness (QED) is 0.277. The predicted octanol–water partition coefficient (Wildman–Crippen LogP) is 6.71. The van der Waals surface area contributed by atoms with Crippen molar-refractivity contribution in [3.05, 3.63) is 125 Å². The molecule has 34 heavy (non-hydrogen) atoms. The van der Waals surface area contributed by atoms with Crippen molar-refractivity contribution in [3.8, 4) is 16.9 Å². The van der Waals surface area contributed by atoms with Crippen molar-refractivity contribution in [1.82, 2.24) is 4.90 Å². The largest absolute Gasteiger partial charge is 0.497 e. The Hall–Kier alpha value is -3.85. The molecule has 0 saturated heterocycles. The lowest BCUT2D eigenvalue weighted by Crippen LogP contribution is -2.34. The molecule has 0 fully saturated rings. The first-order chi connectivity index (χ1) is 16.6. The molecule has 0 spiro atoms. The SMILES string of the molecule is COc1ccc(C(C)CN(Cc2ccccc2)C(=O)c2cccc3c2-c2ccccc2C3)cc1. The van der Waals surface area contributed by atoms with E-state index in [0.717, 1.165) is 28.9 Å². The lowest BCUT2D eigenvalue weighted by Gasteiger charge is -2.27. The first-order valence-electron chi connectivity index (χ1n) is 11.8. The second-order valence-corrected chi connectivity index (χ2v) is 9.02. The van der Waals surface area contributed by atoms with Crippen LogP contribution in [0.2, 0.25) is 0 Å². The van der Waals surface area contributed by atoms with Crippen LogP contribution >= 0.6 is 0 Å². The summed E-state index contributed by atoms with van der Waals surface area (Å²) in [5.74, 6) is 1.10. The molecule has 1 aliphatic rings. The maximum absolute atomic E-state index is 14.1. The number of benzene rings is 4. The minimum absolute atomic E-state index is 0.0813. The Bertz CT molecular complexity index is 1290. The van der Waals surface area contributed by atoms with Crippen LogP contribution in [0.25, 0.3) is 11.1 Å². The normalized spacial score (nSPS) is 12.5. The van der Waals surface area contributed by atoms with Crippen LogP contribution in [-0.4, -0.2) is 24.5 Å². The first kappa shape index (κ1) is 22.0. The lowest BCUT2D eigenvalue weighted by atomic mass is 9.96. The van der Waals surface area contributed by atoms with E-state index < -0.39 is 0 Å². The maximum atomic E-state index is 14.1. The van der Waals surface area contributed by atoms with Gasteiger partial charge >= 0.3 is 0 Å². The second-order valence-electron chi connectivity index (χ2n) is 9.02. The van der Waals surface area contributed by atoms with Crippen molar-refractivity contribution >= 4 is 5.91 Å². The number of carbonyl (C=O) groups is 1. The molecule has 1 amide bonds. The molecular weight excluding hydrogens is 418 g/mol. The Labute approximate surface area is 201 Å². The summed E-state index contributed by atoms with van der Waals surface area (Å²) in [7, 11) is 1.68. The van der Waals surface area contributed by atoms with Gasteiger partial charge in [0.1, 0.15) is 5.75 Å². The number of carbonyl (C=O) groups excluding carboxylic acids is 1.